The Labute approximate surface area is 148 Å². The van der Waals surface area contributed by atoms with Gasteiger partial charge in [-0.05, 0) is 39.7 Å². The number of rotatable bonds is 5. The molecule has 0 spiro atoms. The van der Waals surface area contributed by atoms with E-state index in [1.54, 1.807) is 7.11 Å². The smallest absolute Gasteiger partial charge is 0.253 e. The summed E-state index contributed by atoms with van der Waals surface area (Å²) in [6.45, 7) is 8.25. The summed E-state index contributed by atoms with van der Waals surface area (Å²) < 4.78 is 9.45. The first kappa shape index (κ1) is 17.7. The third-order valence-corrected chi connectivity index (χ3v) is 5.10. The number of aromatic nitrogens is 4. The van der Waals surface area contributed by atoms with E-state index in [1.807, 2.05) is 26.8 Å². The minimum Gasteiger partial charge on any atom is -0.383 e. The minimum atomic E-state index is 0.0103. The molecule has 2 aromatic heterocycles. The van der Waals surface area contributed by atoms with Gasteiger partial charge in [-0.15, -0.1) is 10.2 Å². The molecule has 0 saturated heterocycles. The molecular weight excluding hydrogens is 318 g/mol. The number of fused-ring (bicyclic) bond motifs is 1. The van der Waals surface area contributed by atoms with Gasteiger partial charge in [0.25, 0.3) is 5.91 Å². The van der Waals surface area contributed by atoms with Crippen LogP contribution in [0.1, 0.15) is 46.2 Å². The number of carbonyl (C=O) groups is 1. The molecule has 0 bridgehead atoms. The van der Waals surface area contributed by atoms with E-state index in [-0.39, 0.29) is 11.9 Å². The zero-order valence-electron chi connectivity index (χ0n) is 15.5. The maximum absolute atomic E-state index is 12.8. The van der Waals surface area contributed by atoms with Gasteiger partial charge < -0.3 is 19.2 Å². The first-order chi connectivity index (χ1) is 12.0. The van der Waals surface area contributed by atoms with Gasteiger partial charge >= 0.3 is 0 Å². The lowest BCUT2D eigenvalue weighted by atomic mass is 10.1. The Balaban J connectivity index is 1.67. The van der Waals surface area contributed by atoms with E-state index in [4.69, 9.17) is 4.74 Å². The Morgan fingerprint density at radius 2 is 2.12 bits per heavy atom. The van der Waals surface area contributed by atoms with Crippen molar-refractivity contribution in [1.82, 2.24) is 24.6 Å². The molecule has 0 radical (unpaired) electrons. The van der Waals surface area contributed by atoms with Crippen molar-refractivity contribution < 1.29 is 9.53 Å². The predicted molar refractivity (Wildman–Crippen MR) is 94.7 cm³/mol. The normalized spacial score (nSPS) is 17.2. The van der Waals surface area contributed by atoms with Crippen LogP contribution in [0.15, 0.2) is 6.07 Å². The van der Waals surface area contributed by atoms with Crippen molar-refractivity contribution in [2.24, 2.45) is 0 Å². The number of methoxy groups -OCH3 is 1. The van der Waals surface area contributed by atoms with Gasteiger partial charge in [0.2, 0.25) is 0 Å². The molecule has 25 heavy (non-hydrogen) atoms. The SMILES string of the molecule is COCCn1c(C)cc(C(=O)NC2CCc3nnc(C)n3CC2)c1C. The Hall–Kier alpha value is -2.15. The van der Waals surface area contributed by atoms with Crippen molar-refractivity contribution in [2.45, 2.75) is 59.2 Å². The van der Waals surface area contributed by atoms with E-state index in [9.17, 15) is 4.79 Å². The summed E-state index contributed by atoms with van der Waals surface area (Å²) in [6, 6.07) is 2.13. The molecule has 1 unspecified atom stereocenters. The maximum atomic E-state index is 12.8. The molecule has 2 aromatic rings. The molecule has 0 aliphatic carbocycles. The molecule has 7 heteroatoms. The van der Waals surface area contributed by atoms with Crippen LogP contribution in [0, 0.1) is 20.8 Å². The molecule has 0 saturated carbocycles. The van der Waals surface area contributed by atoms with Crippen LogP contribution in [0.2, 0.25) is 0 Å². The van der Waals surface area contributed by atoms with Crippen molar-refractivity contribution in [3.63, 3.8) is 0 Å². The van der Waals surface area contributed by atoms with E-state index in [2.05, 4.69) is 24.6 Å². The largest absolute Gasteiger partial charge is 0.383 e. The topological polar surface area (TPSA) is 74.0 Å². The second-order valence-corrected chi connectivity index (χ2v) is 6.74. The molecule has 1 amide bonds. The van der Waals surface area contributed by atoms with Crippen LogP contribution in [-0.4, -0.2) is 45.0 Å². The van der Waals surface area contributed by atoms with Crippen molar-refractivity contribution in [2.75, 3.05) is 13.7 Å². The Morgan fingerprint density at radius 1 is 1.32 bits per heavy atom. The quantitative estimate of drug-likeness (QED) is 0.896. The monoisotopic (exact) mass is 345 g/mol. The molecular formula is C18H27N5O2. The highest BCUT2D eigenvalue weighted by Crippen LogP contribution is 2.18. The Morgan fingerprint density at radius 3 is 2.88 bits per heavy atom. The lowest BCUT2D eigenvalue weighted by molar-refractivity contribution is 0.0932. The van der Waals surface area contributed by atoms with E-state index in [1.165, 1.54) is 0 Å². The second kappa shape index (κ2) is 7.39. The van der Waals surface area contributed by atoms with Gasteiger partial charge in [0.05, 0.1) is 12.2 Å². The van der Waals surface area contributed by atoms with Gasteiger partial charge in [-0.2, -0.15) is 0 Å². The third-order valence-electron chi connectivity index (χ3n) is 5.10. The fourth-order valence-electron chi connectivity index (χ4n) is 3.60. The van der Waals surface area contributed by atoms with Gasteiger partial charge in [0.1, 0.15) is 11.6 Å². The zero-order valence-corrected chi connectivity index (χ0v) is 15.5. The lowest BCUT2D eigenvalue weighted by Crippen LogP contribution is -2.35. The third kappa shape index (κ3) is 3.61. The van der Waals surface area contributed by atoms with Gasteiger partial charge in [-0.25, -0.2) is 0 Å². The number of ether oxygens (including phenoxy) is 1. The Bertz CT molecular complexity index is 762. The molecule has 1 atom stereocenters. The second-order valence-electron chi connectivity index (χ2n) is 6.74. The van der Waals surface area contributed by atoms with Gasteiger partial charge in [-0.1, -0.05) is 0 Å². The van der Waals surface area contributed by atoms with E-state index >= 15 is 0 Å². The van der Waals surface area contributed by atoms with Crippen LogP contribution in [-0.2, 0) is 24.2 Å². The maximum Gasteiger partial charge on any atom is 0.253 e. The Kier molecular flexibility index (Phi) is 5.22. The van der Waals surface area contributed by atoms with Crippen LogP contribution < -0.4 is 5.32 Å². The summed E-state index contributed by atoms with van der Waals surface area (Å²) in [6.07, 6.45) is 2.64. The highest BCUT2D eigenvalue weighted by Gasteiger charge is 2.22. The van der Waals surface area contributed by atoms with Crippen molar-refractivity contribution in [1.29, 1.82) is 0 Å². The van der Waals surface area contributed by atoms with Crippen LogP contribution in [0.3, 0.4) is 0 Å². The van der Waals surface area contributed by atoms with Crippen LogP contribution in [0.25, 0.3) is 0 Å². The van der Waals surface area contributed by atoms with Crippen LogP contribution in [0.5, 0.6) is 0 Å². The van der Waals surface area contributed by atoms with Crippen molar-refractivity contribution in [3.05, 3.63) is 34.7 Å². The fourth-order valence-corrected chi connectivity index (χ4v) is 3.60. The summed E-state index contributed by atoms with van der Waals surface area (Å²) in [7, 11) is 1.69. The molecule has 0 aromatic carbocycles. The first-order valence-electron chi connectivity index (χ1n) is 8.86. The molecule has 3 rings (SSSR count). The molecule has 1 aliphatic heterocycles. The predicted octanol–water partition coefficient (Wildman–Crippen LogP) is 1.79. The molecule has 136 valence electrons. The van der Waals surface area contributed by atoms with Crippen molar-refractivity contribution >= 4 is 5.91 Å². The lowest BCUT2D eigenvalue weighted by Gasteiger charge is -2.16. The highest BCUT2D eigenvalue weighted by atomic mass is 16.5. The summed E-state index contributed by atoms with van der Waals surface area (Å²) in [5.41, 5.74) is 2.84. The fraction of sp³-hybridized carbons (Fsp3) is 0.611. The molecule has 0 fully saturated rings. The number of aryl methyl sites for hydroxylation is 3. The average molecular weight is 345 g/mol. The van der Waals surface area contributed by atoms with E-state index in [0.29, 0.717) is 6.61 Å². The van der Waals surface area contributed by atoms with Crippen LogP contribution >= 0.6 is 0 Å². The van der Waals surface area contributed by atoms with Gasteiger partial charge in [0.15, 0.2) is 0 Å². The zero-order chi connectivity index (χ0) is 18.0. The van der Waals surface area contributed by atoms with E-state index < -0.39 is 0 Å². The highest BCUT2D eigenvalue weighted by molar-refractivity contribution is 5.95. The number of amides is 1. The van der Waals surface area contributed by atoms with Gasteiger partial charge in [0, 0.05) is 44.0 Å². The molecule has 1 N–H and O–H groups in total. The van der Waals surface area contributed by atoms with E-state index in [0.717, 1.165) is 61.0 Å². The standard InChI is InChI=1S/C18H27N5O2/c1-12-11-16(13(2)22(12)9-10-25-4)18(24)19-15-5-6-17-21-20-14(3)23(17)8-7-15/h11,15H,5-10H2,1-4H3,(H,19,24). The summed E-state index contributed by atoms with van der Waals surface area (Å²) in [4.78, 5) is 12.8. The number of nitrogens with zero attached hydrogens (tertiary/aromatic N) is 4. The first-order valence-corrected chi connectivity index (χ1v) is 8.86. The minimum absolute atomic E-state index is 0.0103. The molecule has 7 nitrogen and oxygen atoms in total. The van der Waals surface area contributed by atoms with Crippen LogP contribution in [0.4, 0.5) is 0 Å². The average Bonchev–Trinajstić information content (AvgIpc) is 2.99. The number of carbonyl (C=O) groups excluding carboxylic acids is 1. The number of hydrogen-bond acceptors (Lipinski definition) is 4. The summed E-state index contributed by atoms with van der Waals surface area (Å²) >= 11 is 0. The molecule has 3 heterocycles. The number of nitrogens with one attached hydrogen (secondary N) is 1. The van der Waals surface area contributed by atoms with Crippen molar-refractivity contribution in [3.8, 4) is 0 Å². The van der Waals surface area contributed by atoms with Gasteiger partial charge in [-0.3, -0.25) is 4.79 Å². The summed E-state index contributed by atoms with van der Waals surface area (Å²) in [5, 5.41) is 11.6. The summed E-state index contributed by atoms with van der Waals surface area (Å²) in [5.74, 6) is 1.98. The number of hydrogen-bond donors (Lipinski definition) is 1. The molecule has 1 aliphatic rings.